The Morgan fingerprint density at radius 3 is 2.62 bits per heavy atom. The van der Waals surface area contributed by atoms with Crippen LogP contribution < -0.4 is 14.8 Å². The number of amides is 3. The monoisotopic (exact) mass is 722 g/mol. The SMILES string of the molecule is C[C@@H]1CN([C@@H](C)CO)C(=O)c2cc(NS(=O)(=O)c3cccs3)ccc2O[C@@H](C)CCCCO[C@H]1CN(C)C(=O)Nc1cccc2ccccc12. The molecule has 0 bridgehead atoms. The van der Waals surface area contributed by atoms with E-state index in [1.54, 1.807) is 47.4 Å². The van der Waals surface area contributed by atoms with Crippen LogP contribution in [0, 0.1) is 5.92 Å². The molecule has 0 spiro atoms. The van der Waals surface area contributed by atoms with Crippen molar-refractivity contribution < 1.29 is 32.6 Å². The highest BCUT2D eigenvalue weighted by Crippen LogP contribution is 2.30. The molecule has 0 fully saturated rings. The molecule has 0 saturated heterocycles. The molecule has 268 valence electrons. The van der Waals surface area contributed by atoms with Gasteiger partial charge in [-0.25, -0.2) is 13.2 Å². The van der Waals surface area contributed by atoms with Crippen molar-refractivity contribution in [1.29, 1.82) is 0 Å². The van der Waals surface area contributed by atoms with Gasteiger partial charge in [0, 0.05) is 43.7 Å². The van der Waals surface area contributed by atoms with Crippen LogP contribution in [0.4, 0.5) is 16.2 Å². The van der Waals surface area contributed by atoms with E-state index >= 15 is 0 Å². The van der Waals surface area contributed by atoms with Gasteiger partial charge in [-0.05, 0) is 74.2 Å². The Kier molecular flexibility index (Phi) is 12.4. The minimum absolute atomic E-state index is 0.153. The molecule has 11 nitrogen and oxygen atoms in total. The molecule has 1 aromatic heterocycles. The van der Waals surface area contributed by atoms with Crippen molar-refractivity contribution in [3.63, 3.8) is 0 Å². The number of benzene rings is 3. The standard InChI is InChI=1S/C37H46N4O7S2/c1-25-22-41(26(2)24-42)36(43)31-21-29(39-50(45,46)35-16-10-20-49-35)17-18-33(31)48-27(3)11-7-8-19-47-34(25)23-40(4)37(44)38-32-15-9-13-28-12-5-6-14-30(28)32/h5-6,9-10,12-18,20-21,25-27,34,39,42H,7-8,11,19,22-24H2,1-4H3,(H,38,44)/t25-,26+,27+,34+/m1/s1. The van der Waals surface area contributed by atoms with E-state index < -0.39 is 28.1 Å². The van der Waals surface area contributed by atoms with Crippen molar-refractivity contribution in [3.05, 3.63) is 83.7 Å². The fourth-order valence-electron chi connectivity index (χ4n) is 5.97. The Hall–Kier alpha value is -4.17. The second-order valence-corrected chi connectivity index (χ2v) is 15.7. The van der Waals surface area contributed by atoms with Gasteiger partial charge in [0.25, 0.3) is 15.9 Å². The molecule has 0 saturated carbocycles. The van der Waals surface area contributed by atoms with E-state index in [1.165, 1.54) is 12.1 Å². The van der Waals surface area contributed by atoms with Crippen molar-refractivity contribution >= 4 is 55.4 Å². The Labute approximate surface area is 298 Å². The van der Waals surface area contributed by atoms with Crippen LogP contribution in [-0.2, 0) is 14.8 Å². The first-order valence-corrected chi connectivity index (χ1v) is 19.2. The lowest BCUT2D eigenvalue weighted by atomic mass is 10.0. The van der Waals surface area contributed by atoms with Gasteiger partial charge in [0.1, 0.15) is 9.96 Å². The second kappa shape index (κ2) is 16.7. The first-order chi connectivity index (χ1) is 24.0. The number of ether oxygens (including phenoxy) is 2. The Bertz CT molecular complexity index is 1860. The second-order valence-electron chi connectivity index (χ2n) is 12.9. The summed E-state index contributed by atoms with van der Waals surface area (Å²) in [6.45, 7) is 6.27. The first-order valence-electron chi connectivity index (χ1n) is 16.9. The number of anilines is 2. The van der Waals surface area contributed by atoms with Gasteiger partial charge in [-0.1, -0.05) is 49.4 Å². The van der Waals surface area contributed by atoms with Crippen LogP contribution in [0.25, 0.3) is 10.8 Å². The zero-order chi connectivity index (χ0) is 35.8. The summed E-state index contributed by atoms with van der Waals surface area (Å²) >= 11 is 1.09. The minimum atomic E-state index is -3.86. The number of carbonyl (C=O) groups is 2. The first kappa shape index (κ1) is 37.1. The van der Waals surface area contributed by atoms with Crippen LogP contribution in [0.5, 0.6) is 5.75 Å². The van der Waals surface area contributed by atoms with Gasteiger partial charge in [0.05, 0.1) is 36.1 Å². The lowest BCUT2D eigenvalue weighted by Crippen LogP contribution is -2.48. The molecule has 1 aliphatic rings. The van der Waals surface area contributed by atoms with Crippen LogP contribution >= 0.6 is 11.3 Å². The number of urea groups is 1. The summed E-state index contributed by atoms with van der Waals surface area (Å²) in [7, 11) is -2.15. The van der Waals surface area contributed by atoms with Crippen LogP contribution in [0.3, 0.4) is 0 Å². The molecule has 4 aromatic rings. The van der Waals surface area contributed by atoms with Gasteiger partial charge in [-0.15, -0.1) is 11.3 Å². The molecule has 50 heavy (non-hydrogen) atoms. The zero-order valence-corrected chi connectivity index (χ0v) is 30.5. The minimum Gasteiger partial charge on any atom is -0.490 e. The number of hydrogen-bond donors (Lipinski definition) is 3. The molecule has 0 radical (unpaired) electrons. The highest BCUT2D eigenvalue weighted by atomic mass is 32.2. The number of carbonyl (C=O) groups excluding carboxylic acids is 2. The number of hydrogen-bond acceptors (Lipinski definition) is 8. The summed E-state index contributed by atoms with van der Waals surface area (Å²) in [5.74, 6) is -0.345. The number of sulfonamides is 1. The van der Waals surface area contributed by atoms with Gasteiger partial charge in [-0.2, -0.15) is 0 Å². The third kappa shape index (κ3) is 9.13. The molecule has 3 N–H and O–H groups in total. The van der Waals surface area contributed by atoms with E-state index in [0.29, 0.717) is 24.5 Å². The largest absolute Gasteiger partial charge is 0.490 e. The van der Waals surface area contributed by atoms with Crippen molar-refractivity contribution in [2.45, 2.75) is 62.5 Å². The van der Waals surface area contributed by atoms with Crippen molar-refractivity contribution in [3.8, 4) is 5.75 Å². The topological polar surface area (TPSA) is 138 Å². The molecule has 0 unspecified atom stereocenters. The number of likely N-dealkylation sites (N-methyl/N-ethyl adjacent to an activating group) is 1. The Morgan fingerprint density at radius 2 is 1.86 bits per heavy atom. The van der Waals surface area contributed by atoms with E-state index in [-0.39, 0.29) is 53.2 Å². The Balaban J connectivity index is 1.40. The van der Waals surface area contributed by atoms with Crippen LogP contribution in [0.2, 0.25) is 0 Å². The van der Waals surface area contributed by atoms with Gasteiger partial charge >= 0.3 is 6.03 Å². The summed E-state index contributed by atoms with van der Waals surface area (Å²) < 4.78 is 41.5. The maximum atomic E-state index is 14.4. The van der Waals surface area contributed by atoms with Crippen LogP contribution in [-0.4, -0.2) is 86.9 Å². The molecule has 1 aliphatic heterocycles. The lowest BCUT2D eigenvalue weighted by Gasteiger charge is -2.35. The molecule has 0 aliphatic carbocycles. The van der Waals surface area contributed by atoms with Crippen LogP contribution in [0.15, 0.2) is 82.4 Å². The number of aliphatic hydroxyl groups is 1. The normalized spacial score (nSPS) is 19.9. The molecule has 13 heteroatoms. The van der Waals surface area contributed by atoms with Gasteiger partial charge < -0.3 is 29.7 Å². The fraction of sp³-hybridized carbons (Fsp3) is 0.405. The summed E-state index contributed by atoms with van der Waals surface area (Å²) in [4.78, 5) is 31.0. The number of nitrogens with zero attached hydrogens (tertiary/aromatic N) is 2. The molecule has 5 rings (SSSR count). The lowest BCUT2D eigenvalue weighted by molar-refractivity contribution is -0.0115. The highest BCUT2D eigenvalue weighted by Gasteiger charge is 2.31. The predicted octanol–water partition coefficient (Wildman–Crippen LogP) is 6.66. The zero-order valence-electron chi connectivity index (χ0n) is 28.9. The molecule has 3 aromatic carbocycles. The third-order valence-corrected chi connectivity index (χ3v) is 11.7. The molecular formula is C37H46N4O7S2. The van der Waals surface area contributed by atoms with E-state index in [1.807, 2.05) is 56.3 Å². The third-order valence-electron chi connectivity index (χ3n) is 8.90. The maximum absolute atomic E-state index is 14.4. The summed E-state index contributed by atoms with van der Waals surface area (Å²) in [6, 6.07) is 20.6. The Morgan fingerprint density at radius 1 is 1.08 bits per heavy atom. The average molecular weight is 723 g/mol. The average Bonchev–Trinajstić information content (AvgIpc) is 3.66. The quantitative estimate of drug-likeness (QED) is 0.185. The van der Waals surface area contributed by atoms with Crippen molar-refractivity contribution in [2.24, 2.45) is 5.92 Å². The number of fused-ring (bicyclic) bond motifs is 2. The smallest absolute Gasteiger partial charge is 0.321 e. The van der Waals surface area contributed by atoms with Crippen LogP contribution in [0.1, 0.15) is 50.4 Å². The number of rotatable bonds is 8. The van der Waals surface area contributed by atoms with Crippen molar-refractivity contribution in [2.75, 3.05) is 43.4 Å². The molecule has 4 atom stereocenters. The van der Waals surface area contributed by atoms with E-state index in [4.69, 9.17) is 9.47 Å². The van der Waals surface area contributed by atoms with Crippen molar-refractivity contribution in [1.82, 2.24) is 9.80 Å². The molecule has 3 amide bonds. The van der Waals surface area contributed by atoms with Gasteiger partial charge in [-0.3, -0.25) is 9.52 Å². The van der Waals surface area contributed by atoms with E-state index in [2.05, 4.69) is 10.0 Å². The van der Waals surface area contributed by atoms with E-state index in [0.717, 1.165) is 35.0 Å². The highest BCUT2D eigenvalue weighted by molar-refractivity contribution is 7.94. The van der Waals surface area contributed by atoms with Gasteiger partial charge in [0.2, 0.25) is 0 Å². The predicted molar refractivity (Wildman–Crippen MR) is 198 cm³/mol. The summed E-state index contributed by atoms with van der Waals surface area (Å²) in [5.41, 5.74) is 1.10. The fourth-order valence-corrected chi connectivity index (χ4v) is 8.01. The number of nitrogens with one attached hydrogen (secondary N) is 2. The molecule has 2 heterocycles. The number of aliphatic hydroxyl groups excluding tert-OH is 1. The van der Waals surface area contributed by atoms with E-state index in [9.17, 15) is 23.1 Å². The maximum Gasteiger partial charge on any atom is 0.321 e. The summed E-state index contributed by atoms with van der Waals surface area (Å²) in [6.07, 6.45) is 1.62. The molecular weight excluding hydrogens is 677 g/mol. The van der Waals surface area contributed by atoms with Gasteiger partial charge in [0.15, 0.2) is 0 Å². The number of thiophene rings is 1. The summed E-state index contributed by atoms with van der Waals surface area (Å²) in [5, 5.41) is 16.9.